The Morgan fingerprint density at radius 3 is 2.00 bits per heavy atom. The Labute approximate surface area is 273 Å². The molecule has 2 aliphatic heterocycles. The number of methoxy groups -OCH3 is 2. The molecule has 2 aromatic rings. The quantitative estimate of drug-likeness (QED) is 0.108. The molecule has 0 radical (unpaired) electrons. The van der Waals surface area contributed by atoms with E-state index >= 15 is 0 Å². The number of anilines is 1. The Bertz CT molecular complexity index is 1450. The van der Waals surface area contributed by atoms with Gasteiger partial charge in [-0.15, -0.1) is 0 Å². The van der Waals surface area contributed by atoms with Crippen LogP contribution in [0.15, 0.2) is 84.6 Å². The van der Waals surface area contributed by atoms with Crippen molar-refractivity contribution in [2.45, 2.75) is 104 Å². The molecule has 0 spiro atoms. The molecule has 0 unspecified atom stereocenters. The molecule has 0 aromatic heterocycles. The average molecular weight is 610 g/mol. The van der Waals surface area contributed by atoms with Gasteiger partial charge in [0.2, 0.25) is 5.69 Å². The summed E-state index contributed by atoms with van der Waals surface area (Å²) in [5, 5.41) is 0. The molecular weight excluding hydrogens is 552 g/mol. The first-order valence-corrected chi connectivity index (χ1v) is 17.2. The summed E-state index contributed by atoms with van der Waals surface area (Å²) >= 11 is 0. The van der Waals surface area contributed by atoms with Crippen molar-refractivity contribution in [3.8, 4) is 11.5 Å². The minimum absolute atomic E-state index is 0.0917. The zero-order valence-corrected chi connectivity index (χ0v) is 29.3. The summed E-state index contributed by atoms with van der Waals surface area (Å²) in [6, 6.07) is 13.1. The van der Waals surface area contributed by atoms with Gasteiger partial charge in [-0.05, 0) is 68.7 Å². The molecule has 45 heavy (non-hydrogen) atoms. The van der Waals surface area contributed by atoms with Gasteiger partial charge in [-0.1, -0.05) is 90.2 Å². The first-order valence-electron chi connectivity index (χ1n) is 17.2. The predicted octanol–water partition coefficient (Wildman–Crippen LogP) is 10.6. The molecule has 4 rings (SSSR count). The average Bonchev–Trinajstić information content (AvgIpc) is 3.38. The van der Waals surface area contributed by atoms with E-state index < -0.39 is 0 Å². The molecule has 0 aliphatic carbocycles. The van der Waals surface area contributed by atoms with Crippen LogP contribution in [0.3, 0.4) is 0 Å². The van der Waals surface area contributed by atoms with E-state index in [1.165, 1.54) is 85.3 Å². The largest absolute Gasteiger partial charge is 0.497 e. The fourth-order valence-electron chi connectivity index (χ4n) is 6.92. The van der Waals surface area contributed by atoms with Gasteiger partial charge in [0.25, 0.3) is 0 Å². The standard InChI is InChI=1S/C41H57N2O2/c1-9-11-13-20-28-42-36-26-24-32(44-7)30-34(36)40(3,4)38(42)22-18-16-15-17-19-23-39-41(5,6)35-31-33(45-8)25-27-37(35)43(39)29-21-14-12-10-2/h15-19,22-27,30-31H,9-14,20-21,28-29H2,1-8H3/q+1. The van der Waals surface area contributed by atoms with Crippen molar-refractivity contribution >= 4 is 17.1 Å². The minimum atomic E-state index is -0.0917. The number of rotatable bonds is 16. The van der Waals surface area contributed by atoms with Crippen molar-refractivity contribution in [1.29, 1.82) is 0 Å². The molecule has 2 heterocycles. The molecule has 0 atom stereocenters. The third-order valence-corrected chi connectivity index (χ3v) is 9.62. The van der Waals surface area contributed by atoms with E-state index in [4.69, 9.17) is 9.47 Å². The van der Waals surface area contributed by atoms with Gasteiger partial charge in [-0.25, -0.2) is 0 Å². The lowest BCUT2D eigenvalue weighted by molar-refractivity contribution is -0.438. The fourth-order valence-corrected chi connectivity index (χ4v) is 6.92. The fraction of sp³-hybridized carbons (Fsp3) is 0.488. The maximum Gasteiger partial charge on any atom is 0.210 e. The number of nitrogens with zero attached hydrogens (tertiary/aromatic N) is 2. The second kappa shape index (κ2) is 15.7. The Morgan fingerprint density at radius 1 is 0.689 bits per heavy atom. The zero-order chi connectivity index (χ0) is 32.5. The van der Waals surface area contributed by atoms with Gasteiger partial charge in [0, 0.05) is 47.5 Å². The summed E-state index contributed by atoms with van der Waals surface area (Å²) in [5.74, 6) is 1.84. The van der Waals surface area contributed by atoms with Crippen molar-refractivity contribution < 1.29 is 14.0 Å². The van der Waals surface area contributed by atoms with E-state index in [1.807, 2.05) is 0 Å². The monoisotopic (exact) mass is 609 g/mol. The molecule has 242 valence electrons. The van der Waals surface area contributed by atoms with Crippen molar-refractivity contribution in [3.63, 3.8) is 0 Å². The molecule has 0 fully saturated rings. The van der Waals surface area contributed by atoms with Gasteiger partial charge in [-0.3, -0.25) is 0 Å². The Morgan fingerprint density at radius 2 is 1.31 bits per heavy atom. The Balaban J connectivity index is 1.53. The zero-order valence-electron chi connectivity index (χ0n) is 29.3. The van der Waals surface area contributed by atoms with E-state index in [0.29, 0.717) is 0 Å². The van der Waals surface area contributed by atoms with Crippen LogP contribution in [0, 0.1) is 0 Å². The second-order valence-corrected chi connectivity index (χ2v) is 13.5. The van der Waals surface area contributed by atoms with E-state index in [2.05, 4.69) is 130 Å². The van der Waals surface area contributed by atoms with Crippen LogP contribution in [0.2, 0.25) is 0 Å². The smallest absolute Gasteiger partial charge is 0.210 e. The van der Waals surface area contributed by atoms with Crippen molar-refractivity contribution in [1.82, 2.24) is 0 Å². The van der Waals surface area contributed by atoms with Crippen LogP contribution in [0.5, 0.6) is 11.5 Å². The maximum atomic E-state index is 5.59. The summed E-state index contributed by atoms with van der Waals surface area (Å²) in [4.78, 5) is 2.53. The summed E-state index contributed by atoms with van der Waals surface area (Å²) in [6.07, 6.45) is 25.4. The molecule has 2 aromatic carbocycles. The summed E-state index contributed by atoms with van der Waals surface area (Å²) in [6.45, 7) is 15.9. The minimum Gasteiger partial charge on any atom is -0.497 e. The van der Waals surface area contributed by atoms with Crippen LogP contribution < -0.4 is 14.4 Å². The van der Waals surface area contributed by atoms with Gasteiger partial charge in [-0.2, -0.15) is 4.58 Å². The number of hydrogen-bond acceptors (Lipinski definition) is 3. The SMILES string of the molecule is CCCCCCN1\C(=C/C=C/C=C/C=C/C2=[N+](CCCCCC)c3ccc(OC)cc3C2(C)C)C(C)(C)c2cc(OC)ccc21. The van der Waals surface area contributed by atoms with Crippen molar-refractivity contribution in [3.05, 3.63) is 95.8 Å². The number of benzene rings is 2. The molecule has 0 saturated carbocycles. The number of fused-ring (bicyclic) bond motifs is 2. The van der Waals surface area contributed by atoms with Crippen LogP contribution >= 0.6 is 0 Å². The second-order valence-electron chi connectivity index (χ2n) is 13.5. The highest BCUT2D eigenvalue weighted by atomic mass is 16.5. The molecule has 0 saturated heterocycles. The van der Waals surface area contributed by atoms with E-state index in [1.54, 1.807) is 14.2 Å². The first-order chi connectivity index (χ1) is 21.7. The van der Waals surface area contributed by atoms with Crippen LogP contribution in [0.25, 0.3) is 0 Å². The van der Waals surface area contributed by atoms with Crippen LogP contribution in [0.1, 0.15) is 104 Å². The first kappa shape index (κ1) is 34.3. The third-order valence-electron chi connectivity index (χ3n) is 9.62. The normalized spacial score (nSPS) is 17.8. The summed E-state index contributed by atoms with van der Waals surface area (Å²) in [7, 11) is 3.50. The lowest BCUT2D eigenvalue weighted by Gasteiger charge is -2.27. The summed E-state index contributed by atoms with van der Waals surface area (Å²) < 4.78 is 13.7. The predicted molar refractivity (Wildman–Crippen MR) is 193 cm³/mol. The Kier molecular flexibility index (Phi) is 11.9. The third kappa shape index (κ3) is 7.65. The highest BCUT2D eigenvalue weighted by Crippen LogP contribution is 2.49. The molecule has 4 heteroatoms. The molecule has 0 N–H and O–H groups in total. The Hall–Kier alpha value is -3.53. The van der Waals surface area contributed by atoms with Gasteiger partial charge >= 0.3 is 0 Å². The number of allylic oxidation sites excluding steroid dienone is 8. The maximum absolute atomic E-state index is 5.59. The lowest BCUT2D eigenvalue weighted by atomic mass is 9.81. The van der Waals surface area contributed by atoms with Crippen molar-refractivity contribution in [2.75, 3.05) is 32.2 Å². The number of unbranched alkanes of at least 4 members (excludes halogenated alkanes) is 6. The van der Waals surface area contributed by atoms with Crippen LogP contribution in [-0.2, 0) is 10.8 Å². The highest BCUT2D eigenvalue weighted by molar-refractivity contribution is 6.03. The number of ether oxygens (including phenoxy) is 2. The summed E-state index contributed by atoms with van der Waals surface area (Å²) in [5.41, 5.74) is 7.80. The van der Waals surface area contributed by atoms with E-state index in [-0.39, 0.29) is 10.8 Å². The van der Waals surface area contributed by atoms with Crippen LogP contribution in [-0.4, -0.2) is 37.6 Å². The highest BCUT2D eigenvalue weighted by Gasteiger charge is 2.44. The van der Waals surface area contributed by atoms with Crippen molar-refractivity contribution in [2.24, 2.45) is 0 Å². The number of hydrogen-bond donors (Lipinski definition) is 0. The molecule has 2 aliphatic rings. The lowest BCUT2D eigenvalue weighted by Crippen LogP contribution is -2.27. The van der Waals surface area contributed by atoms with E-state index in [0.717, 1.165) is 24.6 Å². The van der Waals surface area contributed by atoms with Gasteiger partial charge in [0.1, 0.15) is 18.0 Å². The van der Waals surface area contributed by atoms with Gasteiger partial charge < -0.3 is 14.4 Å². The van der Waals surface area contributed by atoms with E-state index in [9.17, 15) is 0 Å². The molecule has 4 nitrogen and oxygen atoms in total. The molecular formula is C41H57N2O2+. The molecule has 0 bridgehead atoms. The van der Waals surface area contributed by atoms with Gasteiger partial charge in [0.15, 0.2) is 5.71 Å². The topological polar surface area (TPSA) is 24.7 Å². The van der Waals surface area contributed by atoms with Crippen LogP contribution in [0.4, 0.5) is 11.4 Å². The van der Waals surface area contributed by atoms with Gasteiger partial charge in [0.05, 0.1) is 19.6 Å². The molecule has 0 amide bonds.